The number of aliphatic hydroxyl groups is 1. The van der Waals surface area contributed by atoms with Gasteiger partial charge in [0.2, 0.25) is 0 Å². The number of anilines is 1. The molecule has 2 atom stereocenters. The fraction of sp³-hybridized carbons (Fsp3) is 0.333. The van der Waals surface area contributed by atoms with Gasteiger partial charge in [0, 0.05) is 12.6 Å². The molecular formula is C18H21N3O4. The second-order valence-electron chi connectivity index (χ2n) is 5.87. The Morgan fingerprint density at radius 1 is 1.32 bits per heavy atom. The second-order valence-corrected chi connectivity index (χ2v) is 5.87. The van der Waals surface area contributed by atoms with E-state index in [1.165, 1.54) is 6.20 Å². The first-order valence-electron chi connectivity index (χ1n) is 8.12. The Morgan fingerprint density at radius 2 is 2.12 bits per heavy atom. The molecule has 2 heterocycles. The first kappa shape index (κ1) is 17.2. The van der Waals surface area contributed by atoms with Crippen molar-refractivity contribution in [2.24, 2.45) is 0 Å². The third-order valence-corrected chi connectivity index (χ3v) is 4.05. The molecule has 25 heavy (non-hydrogen) atoms. The molecule has 0 saturated carbocycles. The number of aromatic nitrogens is 1. The summed E-state index contributed by atoms with van der Waals surface area (Å²) in [4.78, 5) is 16.3. The first-order chi connectivity index (χ1) is 12.2. The van der Waals surface area contributed by atoms with E-state index in [9.17, 15) is 4.79 Å². The molecule has 1 fully saturated rings. The van der Waals surface area contributed by atoms with Crippen LogP contribution in [0.2, 0.25) is 0 Å². The molecule has 1 aliphatic heterocycles. The van der Waals surface area contributed by atoms with Crippen molar-refractivity contribution < 1.29 is 19.4 Å². The number of carbonyl (C=O) groups excluding carboxylic acids is 1. The summed E-state index contributed by atoms with van der Waals surface area (Å²) in [5, 5.41) is 12.0. The molecule has 7 nitrogen and oxygen atoms in total. The lowest BCUT2D eigenvalue weighted by atomic mass is 10.1. The highest BCUT2D eigenvalue weighted by atomic mass is 16.5. The number of nitrogens with two attached hydrogens (primary N) is 1. The highest BCUT2D eigenvalue weighted by molar-refractivity contribution is 5.94. The minimum Gasteiger partial charge on any atom is -0.488 e. The number of benzene rings is 1. The van der Waals surface area contributed by atoms with Crippen LogP contribution >= 0.6 is 0 Å². The van der Waals surface area contributed by atoms with Gasteiger partial charge < -0.3 is 25.6 Å². The molecule has 2 aromatic rings. The van der Waals surface area contributed by atoms with Crippen LogP contribution in [0.1, 0.15) is 22.3 Å². The van der Waals surface area contributed by atoms with Gasteiger partial charge in [-0.3, -0.25) is 4.79 Å². The Balaban J connectivity index is 1.65. The van der Waals surface area contributed by atoms with Crippen LogP contribution in [-0.4, -0.2) is 41.4 Å². The van der Waals surface area contributed by atoms with E-state index in [-0.39, 0.29) is 24.7 Å². The first-order valence-corrected chi connectivity index (χ1v) is 8.12. The zero-order valence-electron chi connectivity index (χ0n) is 13.7. The monoisotopic (exact) mass is 343 g/mol. The average molecular weight is 343 g/mol. The summed E-state index contributed by atoms with van der Waals surface area (Å²) in [6.45, 7) is 0.953. The Labute approximate surface area is 145 Å². The zero-order chi connectivity index (χ0) is 17.6. The number of nitrogens with zero attached hydrogens (tertiary/aromatic N) is 1. The molecule has 4 N–H and O–H groups in total. The molecule has 0 aliphatic carbocycles. The molecule has 7 heteroatoms. The van der Waals surface area contributed by atoms with E-state index in [0.29, 0.717) is 36.8 Å². The predicted octanol–water partition coefficient (Wildman–Crippen LogP) is 1.12. The molecule has 1 aliphatic rings. The third kappa shape index (κ3) is 4.46. The summed E-state index contributed by atoms with van der Waals surface area (Å²) >= 11 is 0. The molecule has 1 saturated heterocycles. The van der Waals surface area contributed by atoms with Gasteiger partial charge in [0.25, 0.3) is 5.91 Å². The van der Waals surface area contributed by atoms with Crippen LogP contribution in [0.3, 0.4) is 0 Å². The molecule has 0 bridgehead atoms. The van der Waals surface area contributed by atoms with E-state index in [2.05, 4.69) is 10.3 Å². The number of rotatable bonds is 5. The second kappa shape index (κ2) is 7.96. The molecule has 132 valence electrons. The minimum atomic E-state index is -0.267. The van der Waals surface area contributed by atoms with Gasteiger partial charge in [0.1, 0.15) is 17.7 Å². The summed E-state index contributed by atoms with van der Waals surface area (Å²) in [7, 11) is 0. The van der Waals surface area contributed by atoms with Crippen molar-refractivity contribution in [3.05, 3.63) is 53.7 Å². The van der Waals surface area contributed by atoms with Crippen molar-refractivity contribution in [1.82, 2.24) is 10.3 Å². The van der Waals surface area contributed by atoms with E-state index in [1.807, 2.05) is 24.3 Å². The van der Waals surface area contributed by atoms with Gasteiger partial charge >= 0.3 is 0 Å². The predicted molar refractivity (Wildman–Crippen MR) is 92.1 cm³/mol. The maximum atomic E-state index is 12.4. The van der Waals surface area contributed by atoms with Crippen LogP contribution in [0.4, 0.5) is 5.82 Å². The maximum Gasteiger partial charge on any atom is 0.253 e. The summed E-state index contributed by atoms with van der Waals surface area (Å²) < 4.78 is 11.5. The van der Waals surface area contributed by atoms with Crippen LogP contribution in [0.15, 0.2) is 42.6 Å². The summed E-state index contributed by atoms with van der Waals surface area (Å²) in [5.74, 6) is 0.815. The van der Waals surface area contributed by atoms with E-state index >= 15 is 0 Å². The fourth-order valence-corrected chi connectivity index (χ4v) is 2.63. The van der Waals surface area contributed by atoms with E-state index in [0.717, 1.165) is 5.56 Å². The van der Waals surface area contributed by atoms with Gasteiger partial charge in [0.05, 0.1) is 31.4 Å². The quantitative estimate of drug-likeness (QED) is 0.751. The van der Waals surface area contributed by atoms with Crippen molar-refractivity contribution in [1.29, 1.82) is 0 Å². The number of carbonyl (C=O) groups is 1. The molecule has 2 unspecified atom stereocenters. The molecule has 1 aromatic carbocycles. The van der Waals surface area contributed by atoms with E-state index < -0.39 is 0 Å². The van der Waals surface area contributed by atoms with Crippen molar-refractivity contribution in [3.8, 4) is 5.75 Å². The van der Waals surface area contributed by atoms with Crippen molar-refractivity contribution in [3.63, 3.8) is 0 Å². The number of nitrogens with one attached hydrogen (secondary N) is 1. The fourth-order valence-electron chi connectivity index (χ4n) is 2.63. The third-order valence-electron chi connectivity index (χ3n) is 4.05. The number of ether oxygens (including phenoxy) is 2. The Morgan fingerprint density at radius 3 is 2.80 bits per heavy atom. The standard InChI is InChI=1S/C18H21N3O4/c19-17-6-3-13(9-20-17)18(23)21-15-11-24-8-7-16(15)25-14-4-1-12(10-22)2-5-14/h1-6,9,15-16,22H,7-8,10-11H2,(H2,19,20)(H,21,23). The zero-order valence-corrected chi connectivity index (χ0v) is 13.7. The van der Waals surface area contributed by atoms with Crippen LogP contribution < -0.4 is 15.8 Å². The number of aliphatic hydroxyl groups excluding tert-OH is 1. The Hall–Kier alpha value is -2.64. The summed E-state index contributed by atoms with van der Waals surface area (Å²) in [5.41, 5.74) is 6.80. The average Bonchev–Trinajstić information content (AvgIpc) is 2.64. The largest absolute Gasteiger partial charge is 0.488 e. The van der Waals surface area contributed by atoms with Gasteiger partial charge in [-0.05, 0) is 29.8 Å². The highest BCUT2D eigenvalue weighted by Crippen LogP contribution is 2.19. The van der Waals surface area contributed by atoms with E-state index in [4.69, 9.17) is 20.3 Å². The lowest BCUT2D eigenvalue weighted by Gasteiger charge is -2.32. The SMILES string of the molecule is Nc1ccc(C(=O)NC2COCCC2Oc2ccc(CO)cc2)cn1. The molecule has 1 amide bonds. The number of nitrogen functional groups attached to an aromatic ring is 1. The van der Waals surface area contributed by atoms with Crippen LogP contribution in [0, 0.1) is 0 Å². The Bertz CT molecular complexity index is 703. The normalized spacial score (nSPS) is 20.0. The van der Waals surface area contributed by atoms with Crippen molar-refractivity contribution in [2.75, 3.05) is 18.9 Å². The maximum absolute atomic E-state index is 12.4. The van der Waals surface area contributed by atoms with Gasteiger partial charge in [-0.1, -0.05) is 12.1 Å². The van der Waals surface area contributed by atoms with Gasteiger partial charge in [-0.25, -0.2) is 4.98 Å². The lowest BCUT2D eigenvalue weighted by Crippen LogP contribution is -2.51. The molecule has 3 rings (SSSR count). The number of pyridine rings is 1. The van der Waals surface area contributed by atoms with Crippen molar-refractivity contribution >= 4 is 11.7 Å². The molecular weight excluding hydrogens is 322 g/mol. The topological polar surface area (TPSA) is 107 Å². The summed E-state index contributed by atoms with van der Waals surface area (Å²) in [6, 6.07) is 10.2. The van der Waals surface area contributed by atoms with Crippen LogP contribution in [0.5, 0.6) is 5.75 Å². The highest BCUT2D eigenvalue weighted by Gasteiger charge is 2.29. The van der Waals surface area contributed by atoms with Gasteiger partial charge in [0.15, 0.2) is 0 Å². The number of hydrogen-bond donors (Lipinski definition) is 3. The van der Waals surface area contributed by atoms with Crippen LogP contribution in [-0.2, 0) is 11.3 Å². The molecule has 1 aromatic heterocycles. The molecule has 0 spiro atoms. The number of amides is 1. The van der Waals surface area contributed by atoms with Gasteiger partial charge in [-0.15, -0.1) is 0 Å². The Kier molecular flexibility index (Phi) is 5.47. The van der Waals surface area contributed by atoms with E-state index in [1.54, 1.807) is 12.1 Å². The van der Waals surface area contributed by atoms with Crippen molar-refractivity contribution in [2.45, 2.75) is 25.2 Å². The lowest BCUT2D eigenvalue weighted by molar-refractivity contribution is -0.00289. The molecule has 0 radical (unpaired) electrons. The smallest absolute Gasteiger partial charge is 0.253 e. The van der Waals surface area contributed by atoms with Crippen LogP contribution in [0.25, 0.3) is 0 Å². The minimum absolute atomic E-state index is 0.00808. The summed E-state index contributed by atoms with van der Waals surface area (Å²) in [6.07, 6.45) is 1.92. The van der Waals surface area contributed by atoms with Gasteiger partial charge in [-0.2, -0.15) is 0 Å². The number of hydrogen-bond acceptors (Lipinski definition) is 6.